The van der Waals surface area contributed by atoms with E-state index >= 15 is 0 Å². The summed E-state index contributed by atoms with van der Waals surface area (Å²) in [6, 6.07) is 0. The summed E-state index contributed by atoms with van der Waals surface area (Å²) in [7, 11) is 0. The monoisotopic (exact) mass is 294 g/mol. The molecule has 0 aliphatic heterocycles. The molecule has 0 atom stereocenters. The fraction of sp³-hybridized carbons (Fsp3) is 0.938. The second-order valence-electron chi connectivity index (χ2n) is 5.59. The van der Waals surface area contributed by atoms with Gasteiger partial charge in [-0.3, -0.25) is 4.79 Å². The van der Waals surface area contributed by atoms with Crippen molar-refractivity contribution >= 4 is 5.78 Å². The fourth-order valence-corrected chi connectivity index (χ4v) is 2.22. The van der Waals surface area contributed by atoms with Crippen molar-refractivity contribution in [1.29, 1.82) is 0 Å². The van der Waals surface area contributed by atoms with Crippen molar-refractivity contribution in [3.05, 3.63) is 0 Å². The first-order chi connectivity index (χ1) is 9.45. The molecule has 0 bridgehead atoms. The minimum Gasteiger partial charge on any atom is -0.300 e. The van der Waals surface area contributed by atoms with Gasteiger partial charge in [-0.2, -0.15) is 13.2 Å². The number of hydrogen-bond donors (Lipinski definition) is 0. The van der Waals surface area contributed by atoms with Gasteiger partial charge in [0.25, 0.3) is 0 Å². The molecule has 0 saturated heterocycles. The van der Waals surface area contributed by atoms with Crippen LogP contribution in [0.1, 0.15) is 90.4 Å². The maximum absolute atomic E-state index is 11.9. The predicted molar refractivity (Wildman–Crippen MR) is 76.8 cm³/mol. The van der Waals surface area contributed by atoms with Crippen LogP contribution in [-0.4, -0.2) is 12.0 Å². The zero-order valence-corrected chi connectivity index (χ0v) is 12.7. The number of unbranched alkanes of at least 4 members (excludes halogenated alkanes) is 9. The van der Waals surface area contributed by atoms with Gasteiger partial charge in [0.1, 0.15) is 5.78 Å². The van der Waals surface area contributed by atoms with Gasteiger partial charge in [0.15, 0.2) is 0 Å². The largest absolute Gasteiger partial charge is 0.389 e. The third kappa shape index (κ3) is 15.5. The molecule has 0 aromatic heterocycles. The van der Waals surface area contributed by atoms with E-state index in [0.717, 1.165) is 19.3 Å². The Morgan fingerprint density at radius 3 is 1.65 bits per heavy atom. The Morgan fingerprint density at radius 2 is 1.20 bits per heavy atom. The quantitative estimate of drug-likeness (QED) is 0.369. The highest BCUT2D eigenvalue weighted by molar-refractivity contribution is 5.78. The average molecular weight is 294 g/mol. The predicted octanol–water partition coefficient (Wildman–Crippen LogP) is 6.21. The Labute approximate surface area is 121 Å². The molecule has 0 unspecified atom stereocenters. The number of Topliss-reactive ketones (excluding diaryl/α,β-unsaturated/α-hetero) is 1. The minimum absolute atomic E-state index is 0.248. The van der Waals surface area contributed by atoms with Crippen molar-refractivity contribution in [1.82, 2.24) is 0 Å². The summed E-state index contributed by atoms with van der Waals surface area (Å²) >= 11 is 0. The number of carbonyl (C=O) groups excluding carboxylic acids is 1. The summed E-state index contributed by atoms with van der Waals surface area (Å²) in [5, 5.41) is 0. The molecule has 0 radical (unpaired) electrons. The summed E-state index contributed by atoms with van der Waals surface area (Å²) in [6.45, 7) is 2.20. The van der Waals surface area contributed by atoms with Gasteiger partial charge in [-0.1, -0.05) is 64.7 Å². The molecule has 120 valence electrons. The average Bonchev–Trinajstić information content (AvgIpc) is 2.38. The van der Waals surface area contributed by atoms with Crippen LogP contribution in [0.3, 0.4) is 0 Å². The molecule has 0 aliphatic rings. The molecule has 0 fully saturated rings. The van der Waals surface area contributed by atoms with Crippen LogP contribution >= 0.6 is 0 Å². The topological polar surface area (TPSA) is 17.1 Å². The zero-order valence-electron chi connectivity index (χ0n) is 12.7. The Kier molecular flexibility index (Phi) is 11.9. The highest BCUT2D eigenvalue weighted by atomic mass is 19.4. The lowest BCUT2D eigenvalue weighted by Gasteiger charge is -2.05. The number of halogens is 3. The van der Waals surface area contributed by atoms with E-state index in [9.17, 15) is 18.0 Å². The van der Waals surface area contributed by atoms with Crippen molar-refractivity contribution in [2.75, 3.05) is 0 Å². The molecular weight excluding hydrogens is 265 g/mol. The van der Waals surface area contributed by atoms with E-state index in [2.05, 4.69) is 6.92 Å². The maximum atomic E-state index is 11.9. The SMILES string of the molecule is CCCCCCCCCCCCC(=O)CCC(F)(F)F. The lowest BCUT2D eigenvalue weighted by Crippen LogP contribution is -2.10. The highest BCUT2D eigenvalue weighted by Gasteiger charge is 2.27. The normalized spacial score (nSPS) is 11.8. The fourth-order valence-electron chi connectivity index (χ4n) is 2.22. The second-order valence-corrected chi connectivity index (χ2v) is 5.59. The third-order valence-electron chi connectivity index (χ3n) is 3.50. The van der Waals surface area contributed by atoms with Gasteiger partial charge in [0, 0.05) is 12.8 Å². The Bertz CT molecular complexity index is 236. The van der Waals surface area contributed by atoms with Crippen molar-refractivity contribution < 1.29 is 18.0 Å². The van der Waals surface area contributed by atoms with Gasteiger partial charge in [0.05, 0.1) is 6.42 Å². The van der Waals surface area contributed by atoms with E-state index in [1.807, 2.05) is 0 Å². The molecule has 0 aromatic carbocycles. The molecule has 4 heteroatoms. The van der Waals surface area contributed by atoms with Gasteiger partial charge in [-0.25, -0.2) is 0 Å². The summed E-state index contributed by atoms with van der Waals surface area (Å²) < 4.78 is 35.7. The van der Waals surface area contributed by atoms with Crippen LogP contribution in [-0.2, 0) is 4.79 Å². The number of carbonyl (C=O) groups is 1. The molecule has 0 N–H and O–H groups in total. The van der Waals surface area contributed by atoms with Crippen molar-refractivity contribution in [3.8, 4) is 0 Å². The third-order valence-corrected chi connectivity index (χ3v) is 3.50. The van der Waals surface area contributed by atoms with Gasteiger partial charge >= 0.3 is 6.18 Å². The minimum atomic E-state index is -4.20. The summed E-state index contributed by atoms with van der Waals surface area (Å²) in [6.07, 6.45) is 6.53. The Morgan fingerprint density at radius 1 is 0.750 bits per heavy atom. The van der Waals surface area contributed by atoms with Crippen LogP contribution in [0.5, 0.6) is 0 Å². The highest BCUT2D eigenvalue weighted by Crippen LogP contribution is 2.22. The molecule has 0 amide bonds. The molecule has 0 aliphatic carbocycles. The Balaban J connectivity index is 3.21. The van der Waals surface area contributed by atoms with Crippen molar-refractivity contribution in [3.63, 3.8) is 0 Å². The van der Waals surface area contributed by atoms with Crippen LogP contribution in [0.4, 0.5) is 13.2 Å². The van der Waals surface area contributed by atoms with Gasteiger partial charge in [-0.15, -0.1) is 0 Å². The smallest absolute Gasteiger partial charge is 0.300 e. The van der Waals surface area contributed by atoms with Crippen LogP contribution in [0, 0.1) is 0 Å². The number of ketones is 1. The first-order valence-electron chi connectivity index (χ1n) is 8.04. The standard InChI is InChI=1S/C16H29F3O/c1-2-3-4-5-6-7-8-9-10-11-12-15(20)13-14-16(17,18)19/h2-14H2,1H3. The van der Waals surface area contributed by atoms with Crippen molar-refractivity contribution in [2.24, 2.45) is 0 Å². The molecule has 0 heterocycles. The van der Waals surface area contributed by atoms with Gasteiger partial charge < -0.3 is 0 Å². The van der Waals surface area contributed by atoms with Gasteiger partial charge in [0.2, 0.25) is 0 Å². The van der Waals surface area contributed by atoms with E-state index in [4.69, 9.17) is 0 Å². The van der Waals surface area contributed by atoms with Crippen molar-refractivity contribution in [2.45, 2.75) is 96.6 Å². The molecule has 0 saturated carbocycles. The van der Waals surface area contributed by atoms with E-state index in [0.29, 0.717) is 6.42 Å². The van der Waals surface area contributed by atoms with Crippen LogP contribution in [0.25, 0.3) is 0 Å². The van der Waals surface area contributed by atoms with E-state index in [1.54, 1.807) is 0 Å². The molecular formula is C16H29F3O. The van der Waals surface area contributed by atoms with E-state index in [1.165, 1.54) is 44.9 Å². The number of hydrogen-bond acceptors (Lipinski definition) is 1. The van der Waals surface area contributed by atoms with Gasteiger partial charge in [-0.05, 0) is 6.42 Å². The first-order valence-corrected chi connectivity index (χ1v) is 8.04. The molecule has 20 heavy (non-hydrogen) atoms. The summed E-state index contributed by atoms with van der Waals surface area (Å²) in [5.74, 6) is -0.248. The zero-order chi connectivity index (χ0) is 15.3. The molecule has 0 rings (SSSR count). The lowest BCUT2D eigenvalue weighted by atomic mass is 10.0. The number of rotatable bonds is 13. The Hall–Kier alpha value is -0.540. The number of alkyl halides is 3. The first kappa shape index (κ1) is 19.5. The molecule has 1 nitrogen and oxygen atoms in total. The summed E-state index contributed by atoms with van der Waals surface area (Å²) in [4.78, 5) is 11.2. The van der Waals surface area contributed by atoms with Crippen LogP contribution < -0.4 is 0 Å². The second kappa shape index (κ2) is 12.2. The lowest BCUT2D eigenvalue weighted by molar-refractivity contribution is -0.143. The molecule has 0 spiro atoms. The van der Waals surface area contributed by atoms with Crippen LogP contribution in [0.15, 0.2) is 0 Å². The molecule has 0 aromatic rings. The van der Waals surface area contributed by atoms with E-state index < -0.39 is 12.6 Å². The summed E-state index contributed by atoms with van der Waals surface area (Å²) in [5.41, 5.74) is 0. The maximum Gasteiger partial charge on any atom is 0.389 e. The van der Waals surface area contributed by atoms with Crippen LogP contribution in [0.2, 0.25) is 0 Å². The van der Waals surface area contributed by atoms with E-state index in [-0.39, 0.29) is 12.2 Å².